The van der Waals surface area contributed by atoms with Crippen molar-refractivity contribution < 1.29 is 9.53 Å². The molecule has 0 saturated carbocycles. The third-order valence-corrected chi connectivity index (χ3v) is 4.79. The maximum absolute atomic E-state index is 12.3. The maximum atomic E-state index is 12.3. The third kappa shape index (κ3) is 2.33. The number of carbonyl (C=O) groups is 1. The van der Waals surface area contributed by atoms with E-state index in [9.17, 15) is 4.79 Å². The minimum Gasteiger partial charge on any atom is -0.448 e. The van der Waals surface area contributed by atoms with Gasteiger partial charge in [0.2, 0.25) is 0 Å². The summed E-state index contributed by atoms with van der Waals surface area (Å²) < 4.78 is 5.62. The lowest BCUT2D eigenvalue weighted by molar-refractivity contribution is 0.115. The first-order valence-corrected chi connectivity index (χ1v) is 8.06. The highest BCUT2D eigenvalue weighted by molar-refractivity contribution is 5.79. The number of hydrogen-bond acceptors (Lipinski definition) is 2. The second-order valence-corrected chi connectivity index (χ2v) is 6.13. The fourth-order valence-electron chi connectivity index (χ4n) is 3.63. The van der Waals surface area contributed by atoms with Crippen molar-refractivity contribution in [2.75, 3.05) is 13.2 Å². The fourth-order valence-corrected chi connectivity index (χ4v) is 3.63. The minimum absolute atomic E-state index is 0.113. The second-order valence-electron chi connectivity index (χ2n) is 6.13. The largest absolute Gasteiger partial charge is 0.448 e. The summed E-state index contributed by atoms with van der Waals surface area (Å²) in [5.74, 6) is 0.113. The predicted molar refractivity (Wildman–Crippen MR) is 90.1 cm³/mol. The lowest BCUT2D eigenvalue weighted by Gasteiger charge is -2.19. The highest BCUT2D eigenvalue weighted by atomic mass is 16.6. The van der Waals surface area contributed by atoms with E-state index in [1.54, 1.807) is 4.90 Å². The molecule has 0 radical (unpaired) electrons. The van der Waals surface area contributed by atoms with Crippen molar-refractivity contribution in [3.05, 3.63) is 71.9 Å². The monoisotopic (exact) mass is 305 g/mol. The SMILES string of the molecule is C=C1CCCN1C(=O)OCC1c2ccccc2-c2ccccc21. The van der Waals surface area contributed by atoms with Crippen molar-refractivity contribution in [1.29, 1.82) is 0 Å². The van der Waals surface area contributed by atoms with Crippen molar-refractivity contribution in [3.63, 3.8) is 0 Å². The molecule has 116 valence electrons. The highest BCUT2D eigenvalue weighted by Crippen LogP contribution is 2.44. The van der Waals surface area contributed by atoms with Gasteiger partial charge in [-0.25, -0.2) is 4.79 Å². The number of rotatable bonds is 2. The van der Waals surface area contributed by atoms with Crippen molar-refractivity contribution in [3.8, 4) is 11.1 Å². The molecular weight excluding hydrogens is 286 g/mol. The Morgan fingerprint density at radius 1 is 1.09 bits per heavy atom. The van der Waals surface area contributed by atoms with Crippen LogP contribution in [0.25, 0.3) is 11.1 Å². The summed E-state index contributed by atoms with van der Waals surface area (Å²) in [5, 5.41) is 0. The van der Waals surface area contributed by atoms with Crippen LogP contribution in [0.5, 0.6) is 0 Å². The highest BCUT2D eigenvalue weighted by Gasteiger charge is 2.30. The van der Waals surface area contributed by atoms with E-state index in [-0.39, 0.29) is 12.0 Å². The number of allylic oxidation sites excluding steroid dienone is 1. The van der Waals surface area contributed by atoms with Gasteiger partial charge in [-0.15, -0.1) is 0 Å². The Bertz CT molecular complexity index is 735. The molecule has 2 aromatic rings. The normalized spacial score (nSPS) is 16.3. The van der Waals surface area contributed by atoms with Crippen molar-refractivity contribution in [2.45, 2.75) is 18.8 Å². The Hall–Kier alpha value is -2.55. The number of hydrogen-bond donors (Lipinski definition) is 0. The molecule has 0 aromatic heterocycles. The molecule has 1 saturated heterocycles. The Morgan fingerprint density at radius 3 is 2.26 bits per heavy atom. The van der Waals surface area contributed by atoms with E-state index in [1.807, 2.05) is 12.1 Å². The number of amides is 1. The molecule has 1 aliphatic heterocycles. The van der Waals surface area contributed by atoms with Gasteiger partial charge in [-0.2, -0.15) is 0 Å². The van der Waals surface area contributed by atoms with E-state index < -0.39 is 0 Å². The molecule has 0 unspecified atom stereocenters. The first-order chi connectivity index (χ1) is 11.3. The van der Waals surface area contributed by atoms with Gasteiger partial charge in [-0.1, -0.05) is 55.1 Å². The zero-order valence-corrected chi connectivity index (χ0v) is 13.0. The zero-order chi connectivity index (χ0) is 15.8. The number of benzene rings is 2. The average molecular weight is 305 g/mol. The molecule has 3 nitrogen and oxygen atoms in total. The van der Waals surface area contributed by atoms with Gasteiger partial charge in [0.1, 0.15) is 6.61 Å². The molecule has 4 rings (SSSR count). The predicted octanol–water partition coefficient (Wildman–Crippen LogP) is 4.55. The van der Waals surface area contributed by atoms with Crippen LogP contribution in [-0.2, 0) is 4.74 Å². The first-order valence-electron chi connectivity index (χ1n) is 8.06. The Morgan fingerprint density at radius 2 is 1.70 bits per heavy atom. The van der Waals surface area contributed by atoms with Crippen LogP contribution in [0.4, 0.5) is 4.79 Å². The standard InChI is InChI=1S/C20H19NO2/c1-14-7-6-12-21(14)20(22)23-13-19-17-10-4-2-8-15(17)16-9-3-5-11-18(16)19/h2-5,8-11,19H,1,6-7,12-13H2. The molecule has 3 heteroatoms. The molecular formula is C20H19NO2. The summed E-state index contributed by atoms with van der Waals surface area (Å²) in [6.07, 6.45) is 1.59. The quantitative estimate of drug-likeness (QED) is 0.815. The summed E-state index contributed by atoms with van der Waals surface area (Å²) in [4.78, 5) is 13.9. The van der Waals surface area contributed by atoms with Crippen LogP contribution in [0.2, 0.25) is 0 Å². The van der Waals surface area contributed by atoms with Gasteiger partial charge in [0, 0.05) is 18.2 Å². The van der Waals surface area contributed by atoms with Crippen LogP contribution in [0, 0.1) is 0 Å². The molecule has 23 heavy (non-hydrogen) atoms. The molecule has 1 aliphatic carbocycles. The van der Waals surface area contributed by atoms with E-state index in [0.29, 0.717) is 6.61 Å². The average Bonchev–Trinajstić information content (AvgIpc) is 3.14. The van der Waals surface area contributed by atoms with Crippen LogP contribution < -0.4 is 0 Å². The molecule has 2 aromatic carbocycles. The van der Waals surface area contributed by atoms with Crippen molar-refractivity contribution >= 4 is 6.09 Å². The molecule has 1 amide bonds. The summed E-state index contributed by atoms with van der Waals surface area (Å²) in [6, 6.07) is 16.7. The van der Waals surface area contributed by atoms with Gasteiger partial charge in [-0.05, 0) is 35.1 Å². The second kappa shape index (κ2) is 5.58. The van der Waals surface area contributed by atoms with Gasteiger partial charge in [-0.3, -0.25) is 4.90 Å². The molecule has 0 N–H and O–H groups in total. The molecule has 1 fully saturated rings. The summed E-state index contributed by atoms with van der Waals surface area (Å²) in [6.45, 7) is 5.02. The summed E-state index contributed by atoms with van der Waals surface area (Å²) >= 11 is 0. The number of likely N-dealkylation sites (tertiary alicyclic amines) is 1. The Balaban J connectivity index is 1.57. The minimum atomic E-state index is -0.269. The van der Waals surface area contributed by atoms with Gasteiger partial charge >= 0.3 is 6.09 Å². The van der Waals surface area contributed by atoms with E-state index >= 15 is 0 Å². The lowest BCUT2D eigenvalue weighted by atomic mass is 9.98. The Labute approximate surface area is 136 Å². The van der Waals surface area contributed by atoms with Crippen LogP contribution in [-0.4, -0.2) is 24.1 Å². The van der Waals surface area contributed by atoms with Gasteiger partial charge < -0.3 is 4.74 Å². The summed E-state index contributed by atoms with van der Waals surface area (Å²) in [5.41, 5.74) is 5.83. The van der Waals surface area contributed by atoms with Crippen molar-refractivity contribution in [2.24, 2.45) is 0 Å². The number of carbonyl (C=O) groups excluding carboxylic acids is 1. The van der Waals surface area contributed by atoms with Crippen LogP contribution in [0.3, 0.4) is 0 Å². The molecule has 0 bridgehead atoms. The first kappa shape index (κ1) is 14.1. The van der Waals surface area contributed by atoms with Crippen LogP contribution in [0.15, 0.2) is 60.8 Å². The summed E-state index contributed by atoms with van der Waals surface area (Å²) in [7, 11) is 0. The van der Waals surface area contributed by atoms with E-state index in [0.717, 1.165) is 25.1 Å². The van der Waals surface area contributed by atoms with E-state index in [1.165, 1.54) is 22.3 Å². The lowest BCUT2D eigenvalue weighted by Crippen LogP contribution is -2.28. The number of nitrogens with zero attached hydrogens (tertiary/aromatic N) is 1. The number of ether oxygens (including phenoxy) is 1. The smallest absolute Gasteiger partial charge is 0.414 e. The Kier molecular flexibility index (Phi) is 3.41. The maximum Gasteiger partial charge on any atom is 0.414 e. The molecule has 0 atom stereocenters. The van der Waals surface area contributed by atoms with Crippen LogP contribution >= 0.6 is 0 Å². The van der Waals surface area contributed by atoms with Gasteiger partial charge in [0.25, 0.3) is 0 Å². The van der Waals surface area contributed by atoms with Gasteiger partial charge in [0.05, 0.1) is 0 Å². The third-order valence-electron chi connectivity index (χ3n) is 4.79. The molecule has 1 heterocycles. The van der Waals surface area contributed by atoms with Crippen molar-refractivity contribution in [1.82, 2.24) is 4.90 Å². The topological polar surface area (TPSA) is 29.5 Å². The molecule has 0 spiro atoms. The van der Waals surface area contributed by atoms with Gasteiger partial charge in [0.15, 0.2) is 0 Å². The van der Waals surface area contributed by atoms with E-state index in [2.05, 4.69) is 43.0 Å². The van der Waals surface area contributed by atoms with Crippen LogP contribution in [0.1, 0.15) is 29.9 Å². The van der Waals surface area contributed by atoms with E-state index in [4.69, 9.17) is 4.74 Å². The molecule has 2 aliphatic rings. The number of fused-ring (bicyclic) bond motifs is 3. The fraction of sp³-hybridized carbons (Fsp3) is 0.250. The zero-order valence-electron chi connectivity index (χ0n) is 13.0.